The third-order valence-corrected chi connectivity index (χ3v) is 3.11. The van der Waals surface area contributed by atoms with Gasteiger partial charge in [0.1, 0.15) is 5.82 Å². The van der Waals surface area contributed by atoms with Gasteiger partial charge in [0.15, 0.2) is 0 Å². The number of nitrogens with zero attached hydrogens (tertiary/aromatic N) is 1. The molecule has 1 N–H and O–H groups in total. The lowest BCUT2D eigenvalue weighted by molar-refractivity contribution is 0.937. The van der Waals surface area contributed by atoms with E-state index in [-0.39, 0.29) is 5.56 Å². The van der Waals surface area contributed by atoms with E-state index in [4.69, 9.17) is 11.6 Å². The van der Waals surface area contributed by atoms with E-state index in [0.29, 0.717) is 20.8 Å². The van der Waals surface area contributed by atoms with Crippen LogP contribution >= 0.6 is 34.2 Å². The van der Waals surface area contributed by atoms with E-state index in [1.165, 1.54) is 0 Å². The van der Waals surface area contributed by atoms with Crippen LogP contribution in [-0.4, -0.2) is 9.97 Å². The smallest absolute Gasteiger partial charge is 0.264 e. The third kappa shape index (κ3) is 2.82. The van der Waals surface area contributed by atoms with E-state index in [9.17, 15) is 4.79 Å². The fourth-order valence-electron chi connectivity index (χ4n) is 1.30. The number of nitrogens with one attached hydrogen (secondary N) is 1. The highest BCUT2D eigenvalue weighted by atomic mass is 127. The predicted molar refractivity (Wildman–Crippen MR) is 71.8 cm³/mol. The van der Waals surface area contributed by atoms with Crippen molar-refractivity contribution in [2.45, 2.75) is 6.42 Å². The van der Waals surface area contributed by atoms with Crippen molar-refractivity contribution < 1.29 is 0 Å². The SMILES string of the molecule is O=c1[nH]c(Cc2ccc(Cl)cc2)ncc1I. The van der Waals surface area contributed by atoms with Crippen LogP contribution in [0.3, 0.4) is 0 Å². The summed E-state index contributed by atoms with van der Waals surface area (Å²) in [4.78, 5) is 18.3. The second-order valence-electron chi connectivity index (χ2n) is 3.31. The lowest BCUT2D eigenvalue weighted by Gasteiger charge is -2.01. The molecule has 0 aliphatic carbocycles. The van der Waals surface area contributed by atoms with Crippen LogP contribution in [0.25, 0.3) is 0 Å². The quantitative estimate of drug-likeness (QED) is 0.850. The highest BCUT2D eigenvalue weighted by Crippen LogP contribution is 2.11. The van der Waals surface area contributed by atoms with E-state index < -0.39 is 0 Å². The van der Waals surface area contributed by atoms with Crippen molar-refractivity contribution in [1.29, 1.82) is 0 Å². The molecule has 2 rings (SSSR count). The molecule has 0 radical (unpaired) electrons. The van der Waals surface area contributed by atoms with Crippen LogP contribution in [0.15, 0.2) is 35.3 Å². The molecule has 1 aromatic carbocycles. The Kier molecular flexibility index (Phi) is 3.60. The van der Waals surface area contributed by atoms with Crippen LogP contribution < -0.4 is 5.56 Å². The van der Waals surface area contributed by atoms with Gasteiger partial charge in [0, 0.05) is 17.6 Å². The van der Waals surface area contributed by atoms with Gasteiger partial charge in [0.25, 0.3) is 5.56 Å². The zero-order valence-electron chi connectivity index (χ0n) is 8.21. The van der Waals surface area contributed by atoms with E-state index in [1.807, 2.05) is 46.9 Å². The number of halogens is 2. The zero-order chi connectivity index (χ0) is 11.5. The Bertz CT molecular complexity index is 551. The number of benzene rings is 1. The maximum absolute atomic E-state index is 11.4. The molecule has 16 heavy (non-hydrogen) atoms. The molecule has 5 heteroatoms. The topological polar surface area (TPSA) is 45.8 Å². The largest absolute Gasteiger partial charge is 0.309 e. The highest BCUT2D eigenvalue weighted by molar-refractivity contribution is 14.1. The van der Waals surface area contributed by atoms with Crippen molar-refractivity contribution in [3.8, 4) is 0 Å². The highest BCUT2D eigenvalue weighted by Gasteiger charge is 2.01. The summed E-state index contributed by atoms with van der Waals surface area (Å²) in [6.07, 6.45) is 2.17. The van der Waals surface area contributed by atoms with Gasteiger partial charge in [-0.05, 0) is 40.3 Å². The third-order valence-electron chi connectivity index (χ3n) is 2.09. The molecule has 0 bridgehead atoms. The number of hydrogen-bond acceptors (Lipinski definition) is 2. The summed E-state index contributed by atoms with van der Waals surface area (Å²) in [5, 5.41) is 0.702. The Balaban J connectivity index is 2.24. The molecule has 1 heterocycles. The Labute approximate surface area is 111 Å². The summed E-state index contributed by atoms with van der Waals surface area (Å²) < 4.78 is 0.595. The van der Waals surface area contributed by atoms with Crippen molar-refractivity contribution in [2.75, 3.05) is 0 Å². The van der Waals surface area contributed by atoms with Gasteiger partial charge in [-0.3, -0.25) is 4.79 Å². The average Bonchev–Trinajstić information content (AvgIpc) is 2.27. The van der Waals surface area contributed by atoms with Crippen molar-refractivity contribution in [2.24, 2.45) is 0 Å². The van der Waals surface area contributed by atoms with E-state index in [1.54, 1.807) is 6.20 Å². The van der Waals surface area contributed by atoms with Gasteiger partial charge in [-0.15, -0.1) is 0 Å². The predicted octanol–water partition coefficient (Wildman–Crippen LogP) is 2.62. The van der Waals surface area contributed by atoms with Crippen molar-refractivity contribution in [3.63, 3.8) is 0 Å². The van der Waals surface area contributed by atoms with Crippen molar-refractivity contribution in [1.82, 2.24) is 9.97 Å². The van der Waals surface area contributed by atoms with Gasteiger partial charge in [-0.25, -0.2) is 4.98 Å². The Morgan fingerprint density at radius 2 is 2.00 bits per heavy atom. The number of aromatic amines is 1. The fourth-order valence-corrected chi connectivity index (χ4v) is 1.70. The summed E-state index contributed by atoms with van der Waals surface area (Å²) in [6, 6.07) is 7.48. The summed E-state index contributed by atoms with van der Waals surface area (Å²) >= 11 is 7.74. The molecular formula is C11H8ClIN2O. The second-order valence-corrected chi connectivity index (χ2v) is 4.91. The Hall–Kier alpha value is -0.880. The second kappa shape index (κ2) is 4.97. The van der Waals surface area contributed by atoms with Crippen molar-refractivity contribution >= 4 is 34.2 Å². The molecule has 1 aromatic heterocycles. The Morgan fingerprint density at radius 3 is 2.62 bits per heavy atom. The van der Waals surface area contributed by atoms with Crippen LogP contribution in [0.2, 0.25) is 5.02 Å². The minimum absolute atomic E-state index is 0.0976. The van der Waals surface area contributed by atoms with Crippen LogP contribution in [-0.2, 0) is 6.42 Å². The molecule has 82 valence electrons. The Morgan fingerprint density at radius 1 is 1.31 bits per heavy atom. The molecule has 0 saturated heterocycles. The van der Waals surface area contributed by atoms with Crippen LogP contribution in [0, 0.1) is 3.57 Å². The fraction of sp³-hybridized carbons (Fsp3) is 0.0909. The van der Waals surface area contributed by atoms with E-state index in [0.717, 1.165) is 5.56 Å². The lowest BCUT2D eigenvalue weighted by atomic mass is 10.1. The molecule has 2 aromatic rings. The maximum Gasteiger partial charge on any atom is 0.264 e. The van der Waals surface area contributed by atoms with Crippen LogP contribution in [0.4, 0.5) is 0 Å². The van der Waals surface area contributed by atoms with E-state index >= 15 is 0 Å². The molecule has 0 aliphatic heterocycles. The first kappa shape index (κ1) is 11.6. The number of H-pyrrole nitrogens is 1. The minimum Gasteiger partial charge on any atom is -0.309 e. The standard InChI is InChI=1S/C11H8ClIN2O/c12-8-3-1-7(2-4-8)5-10-14-6-9(13)11(16)15-10/h1-4,6H,5H2,(H,14,15,16). The number of rotatable bonds is 2. The molecule has 0 saturated carbocycles. The number of aromatic nitrogens is 2. The van der Waals surface area contributed by atoms with Gasteiger partial charge < -0.3 is 4.98 Å². The maximum atomic E-state index is 11.4. The first-order chi connectivity index (χ1) is 7.65. The van der Waals surface area contributed by atoms with Gasteiger partial charge in [0.05, 0.1) is 3.57 Å². The minimum atomic E-state index is -0.0976. The van der Waals surface area contributed by atoms with E-state index in [2.05, 4.69) is 9.97 Å². The molecule has 0 atom stereocenters. The molecular weight excluding hydrogens is 338 g/mol. The van der Waals surface area contributed by atoms with Crippen LogP contribution in [0.1, 0.15) is 11.4 Å². The normalized spacial score (nSPS) is 10.4. The van der Waals surface area contributed by atoms with Crippen molar-refractivity contribution in [3.05, 3.63) is 60.8 Å². The number of hydrogen-bond donors (Lipinski definition) is 1. The molecule has 0 unspecified atom stereocenters. The molecule has 0 spiro atoms. The summed E-state index contributed by atoms with van der Waals surface area (Å²) in [5.74, 6) is 0.660. The van der Waals surface area contributed by atoms with Gasteiger partial charge >= 0.3 is 0 Å². The van der Waals surface area contributed by atoms with Gasteiger partial charge in [-0.2, -0.15) is 0 Å². The monoisotopic (exact) mass is 346 g/mol. The average molecular weight is 347 g/mol. The van der Waals surface area contributed by atoms with Gasteiger partial charge in [0.2, 0.25) is 0 Å². The molecule has 0 fully saturated rings. The van der Waals surface area contributed by atoms with Crippen LogP contribution in [0.5, 0.6) is 0 Å². The van der Waals surface area contributed by atoms with Gasteiger partial charge in [-0.1, -0.05) is 23.7 Å². The summed E-state index contributed by atoms with van der Waals surface area (Å²) in [5.41, 5.74) is 0.966. The zero-order valence-corrected chi connectivity index (χ0v) is 11.1. The first-order valence-corrected chi connectivity index (χ1v) is 6.09. The molecule has 0 amide bonds. The molecule has 3 nitrogen and oxygen atoms in total. The first-order valence-electron chi connectivity index (χ1n) is 4.63. The molecule has 0 aliphatic rings. The summed E-state index contributed by atoms with van der Waals surface area (Å²) in [6.45, 7) is 0. The lowest BCUT2D eigenvalue weighted by Crippen LogP contribution is -2.13. The summed E-state index contributed by atoms with van der Waals surface area (Å²) in [7, 11) is 0.